The Hall–Kier alpha value is -1.06. The van der Waals surface area contributed by atoms with Crippen LogP contribution in [0.4, 0.5) is 0 Å². The van der Waals surface area contributed by atoms with Crippen LogP contribution in [0.15, 0.2) is 0 Å². The van der Waals surface area contributed by atoms with Gasteiger partial charge in [-0.15, -0.1) is 0 Å². The summed E-state index contributed by atoms with van der Waals surface area (Å²) in [6, 6.07) is 0. The van der Waals surface area contributed by atoms with E-state index in [4.69, 9.17) is 10.2 Å². The minimum atomic E-state index is -0.741. The molecule has 0 amide bonds. The van der Waals surface area contributed by atoms with E-state index in [2.05, 4.69) is 0 Å². The number of carboxylic acid groups (broad SMARTS) is 2. The molecule has 0 fully saturated rings. The highest BCUT2D eigenvalue weighted by Gasteiger charge is 2.14. The average molecular weight is 244 g/mol. The lowest BCUT2D eigenvalue weighted by Crippen LogP contribution is -2.10. The molecule has 4 heteroatoms. The Bertz CT molecular complexity index is 214. The van der Waals surface area contributed by atoms with E-state index < -0.39 is 11.9 Å². The first-order valence-corrected chi connectivity index (χ1v) is 6.43. The summed E-state index contributed by atoms with van der Waals surface area (Å²) >= 11 is 0. The Kier molecular flexibility index (Phi) is 8.46. The Labute approximate surface area is 103 Å². The van der Waals surface area contributed by atoms with E-state index in [9.17, 15) is 9.59 Å². The molecule has 0 heterocycles. The van der Waals surface area contributed by atoms with Crippen LogP contribution in [-0.2, 0) is 9.59 Å². The summed E-state index contributed by atoms with van der Waals surface area (Å²) in [5.74, 6) is -1.02. The van der Waals surface area contributed by atoms with E-state index in [0.717, 1.165) is 32.1 Å². The lowest BCUT2D eigenvalue weighted by atomic mass is 9.90. The maximum atomic E-state index is 10.6. The van der Waals surface area contributed by atoms with Crippen molar-refractivity contribution >= 4 is 11.9 Å². The van der Waals surface area contributed by atoms with Gasteiger partial charge >= 0.3 is 11.9 Å². The molecular formula is C13H24O4. The van der Waals surface area contributed by atoms with Gasteiger partial charge in [-0.2, -0.15) is 0 Å². The number of carboxylic acids is 2. The van der Waals surface area contributed by atoms with Crippen LogP contribution in [0, 0.1) is 11.8 Å². The van der Waals surface area contributed by atoms with Crippen LogP contribution in [0.25, 0.3) is 0 Å². The van der Waals surface area contributed by atoms with Crippen molar-refractivity contribution in [2.45, 2.75) is 58.8 Å². The van der Waals surface area contributed by atoms with Crippen molar-refractivity contribution in [2.75, 3.05) is 0 Å². The largest absolute Gasteiger partial charge is 0.481 e. The molecule has 0 spiro atoms. The highest BCUT2D eigenvalue weighted by Crippen LogP contribution is 2.22. The molecule has 100 valence electrons. The molecule has 0 aromatic carbocycles. The van der Waals surface area contributed by atoms with Crippen LogP contribution >= 0.6 is 0 Å². The third-order valence-corrected chi connectivity index (χ3v) is 3.31. The van der Waals surface area contributed by atoms with E-state index in [1.165, 1.54) is 0 Å². The van der Waals surface area contributed by atoms with Gasteiger partial charge in [-0.25, -0.2) is 0 Å². The van der Waals surface area contributed by atoms with Crippen molar-refractivity contribution in [3.63, 3.8) is 0 Å². The minimum Gasteiger partial charge on any atom is -0.481 e. The topological polar surface area (TPSA) is 74.6 Å². The van der Waals surface area contributed by atoms with Crippen LogP contribution < -0.4 is 0 Å². The lowest BCUT2D eigenvalue weighted by Gasteiger charge is -2.15. The fraction of sp³-hybridized carbons (Fsp3) is 0.846. The summed E-state index contributed by atoms with van der Waals surface area (Å²) in [4.78, 5) is 21.2. The summed E-state index contributed by atoms with van der Waals surface area (Å²) in [5.41, 5.74) is 0. The number of rotatable bonds is 10. The number of hydrogen-bond acceptors (Lipinski definition) is 2. The third-order valence-electron chi connectivity index (χ3n) is 3.31. The molecule has 17 heavy (non-hydrogen) atoms. The molecule has 2 unspecified atom stereocenters. The molecule has 0 aliphatic rings. The highest BCUT2D eigenvalue weighted by molar-refractivity contribution is 5.67. The second-order valence-electron chi connectivity index (χ2n) is 4.68. The quantitative estimate of drug-likeness (QED) is 0.619. The molecule has 0 bridgehead atoms. The number of aliphatic carboxylic acids is 2. The minimum absolute atomic E-state index is 0.228. The Balaban J connectivity index is 3.84. The highest BCUT2D eigenvalue weighted by atomic mass is 16.4. The van der Waals surface area contributed by atoms with Crippen molar-refractivity contribution in [3.05, 3.63) is 0 Å². The SMILES string of the molecule is CCC(CCCC(CC)CC(=O)O)CC(=O)O. The van der Waals surface area contributed by atoms with Crippen molar-refractivity contribution < 1.29 is 19.8 Å². The summed E-state index contributed by atoms with van der Waals surface area (Å²) in [6.07, 6.45) is 4.91. The maximum Gasteiger partial charge on any atom is 0.303 e. The Morgan fingerprint density at radius 1 is 0.882 bits per heavy atom. The van der Waals surface area contributed by atoms with Gasteiger partial charge in [0.25, 0.3) is 0 Å². The van der Waals surface area contributed by atoms with Gasteiger partial charge in [-0.05, 0) is 24.7 Å². The normalized spacial score (nSPS) is 14.2. The van der Waals surface area contributed by atoms with Gasteiger partial charge in [0.15, 0.2) is 0 Å². The van der Waals surface area contributed by atoms with Crippen LogP contribution in [-0.4, -0.2) is 22.2 Å². The molecule has 0 aromatic rings. The molecule has 0 radical (unpaired) electrons. The second kappa shape index (κ2) is 9.02. The van der Waals surface area contributed by atoms with Crippen molar-refractivity contribution in [1.29, 1.82) is 0 Å². The van der Waals surface area contributed by atoms with E-state index in [-0.39, 0.29) is 24.7 Å². The first kappa shape index (κ1) is 15.9. The van der Waals surface area contributed by atoms with Crippen LogP contribution in [0.5, 0.6) is 0 Å². The van der Waals surface area contributed by atoms with Gasteiger partial charge in [0.05, 0.1) is 0 Å². The van der Waals surface area contributed by atoms with Crippen LogP contribution in [0.3, 0.4) is 0 Å². The van der Waals surface area contributed by atoms with E-state index in [0.29, 0.717) is 0 Å². The van der Waals surface area contributed by atoms with Gasteiger partial charge in [0, 0.05) is 12.8 Å². The average Bonchev–Trinajstić information content (AvgIpc) is 2.25. The predicted octanol–water partition coefficient (Wildman–Crippen LogP) is 3.16. The zero-order chi connectivity index (χ0) is 13.3. The summed E-state index contributed by atoms with van der Waals surface area (Å²) in [5, 5.41) is 17.4. The second-order valence-corrected chi connectivity index (χ2v) is 4.68. The predicted molar refractivity (Wildman–Crippen MR) is 65.9 cm³/mol. The van der Waals surface area contributed by atoms with Crippen molar-refractivity contribution in [3.8, 4) is 0 Å². The standard InChI is InChI=1S/C13H24O4/c1-3-10(8-12(14)15)6-5-7-11(4-2)9-13(16)17/h10-11H,3-9H2,1-2H3,(H,14,15)(H,16,17). The summed E-state index contributed by atoms with van der Waals surface area (Å²) in [6.45, 7) is 4.00. The molecule has 2 N–H and O–H groups in total. The molecule has 0 aliphatic heterocycles. The molecule has 0 aromatic heterocycles. The molecule has 0 rings (SSSR count). The molecule has 0 aliphatic carbocycles. The molecule has 2 atom stereocenters. The van der Waals surface area contributed by atoms with Gasteiger partial charge in [-0.1, -0.05) is 33.1 Å². The fourth-order valence-electron chi connectivity index (χ4n) is 2.09. The summed E-state index contributed by atoms with van der Waals surface area (Å²) < 4.78 is 0. The van der Waals surface area contributed by atoms with Crippen molar-refractivity contribution in [2.24, 2.45) is 11.8 Å². The Morgan fingerprint density at radius 3 is 1.47 bits per heavy atom. The van der Waals surface area contributed by atoms with Gasteiger partial charge in [0.2, 0.25) is 0 Å². The molecular weight excluding hydrogens is 220 g/mol. The first-order valence-electron chi connectivity index (χ1n) is 6.43. The molecule has 0 saturated heterocycles. The summed E-state index contributed by atoms with van der Waals surface area (Å²) in [7, 11) is 0. The van der Waals surface area contributed by atoms with Crippen LogP contribution in [0.1, 0.15) is 58.8 Å². The number of hydrogen-bond donors (Lipinski definition) is 2. The van der Waals surface area contributed by atoms with Crippen molar-refractivity contribution in [1.82, 2.24) is 0 Å². The first-order chi connectivity index (χ1) is 7.99. The van der Waals surface area contributed by atoms with E-state index >= 15 is 0 Å². The lowest BCUT2D eigenvalue weighted by molar-refractivity contribution is -0.139. The maximum absolute atomic E-state index is 10.6. The third kappa shape index (κ3) is 8.72. The Morgan fingerprint density at radius 2 is 1.24 bits per heavy atom. The van der Waals surface area contributed by atoms with E-state index in [1.807, 2.05) is 13.8 Å². The molecule has 0 saturated carbocycles. The number of carbonyl (C=O) groups is 2. The van der Waals surface area contributed by atoms with E-state index in [1.54, 1.807) is 0 Å². The fourth-order valence-corrected chi connectivity index (χ4v) is 2.09. The zero-order valence-electron chi connectivity index (χ0n) is 10.8. The molecule has 4 nitrogen and oxygen atoms in total. The monoisotopic (exact) mass is 244 g/mol. The smallest absolute Gasteiger partial charge is 0.303 e. The van der Waals surface area contributed by atoms with Gasteiger partial charge in [0.1, 0.15) is 0 Å². The van der Waals surface area contributed by atoms with Gasteiger partial charge in [-0.3, -0.25) is 9.59 Å². The zero-order valence-corrected chi connectivity index (χ0v) is 10.8. The van der Waals surface area contributed by atoms with Gasteiger partial charge < -0.3 is 10.2 Å². The van der Waals surface area contributed by atoms with Crippen LogP contribution in [0.2, 0.25) is 0 Å².